The Balaban J connectivity index is 2.36. The number of aromatic amines is 1. The topological polar surface area (TPSA) is 83.8 Å². The lowest BCUT2D eigenvalue weighted by Crippen LogP contribution is -2.26. The van der Waals surface area contributed by atoms with Crippen LogP contribution in [0.4, 0.5) is 11.6 Å². The minimum Gasteiger partial charge on any atom is -0.399 e. The number of nitrogen functional groups attached to an aromatic ring is 1. The number of aromatic nitrogens is 2. The zero-order valence-corrected chi connectivity index (χ0v) is 11.5. The van der Waals surface area contributed by atoms with Crippen LogP contribution < -0.4 is 16.6 Å². The molecule has 0 aliphatic rings. The van der Waals surface area contributed by atoms with Crippen LogP contribution in [0.3, 0.4) is 0 Å². The van der Waals surface area contributed by atoms with E-state index in [0.29, 0.717) is 28.5 Å². The number of hydrogen-bond acceptors (Lipinski definition) is 4. The standard InChI is InChI=1S/C14H20N4O/c1-4-8(2)9(3)16-14-17-12-6-5-10(15)7-11(12)13(19)18-14/h5-9H,4,15H2,1-3H3,(H2,16,17,18,19). The maximum atomic E-state index is 12.0. The van der Waals surface area contributed by atoms with Gasteiger partial charge in [0.05, 0.1) is 10.9 Å². The third-order valence-corrected chi connectivity index (χ3v) is 3.59. The van der Waals surface area contributed by atoms with Crippen molar-refractivity contribution < 1.29 is 0 Å². The molecule has 4 N–H and O–H groups in total. The molecule has 19 heavy (non-hydrogen) atoms. The van der Waals surface area contributed by atoms with Gasteiger partial charge in [0, 0.05) is 11.7 Å². The quantitative estimate of drug-likeness (QED) is 0.737. The van der Waals surface area contributed by atoms with Crippen molar-refractivity contribution >= 4 is 22.5 Å². The highest BCUT2D eigenvalue weighted by Crippen LogP contribution is 2.15. The van der Waals surface area contributed by atoms with Crippen molar-refractivity contribution in [1.82, 2.24) is 9.97 Å². The van der Waals surface area contributed by atoms with Crippen LogP contribution in [0.25, 0.3) is 10.9 Å². The van der Waals surface area contributed by atoms with Crippen LogP contribution in [0.15, 0.2) is 23.0 Å². The summed E-state index contributed by atoms with van der Waals surface area (Å²) < 4.78 is 0. The van der Waals surface area contributed by atoms with Gasteiger partial charge in [-0.05, 0) is 31.0 Å². The van der Waals surface area contributed by atoms with Crippen molar-refractivity contribution in [2.24, 2.45) is 5.92 Å². The van der Waals surface area contributed by atoms with Crippen molar-refractivity contribution in [2.75, 3.05) is 11.1 Å². The molecule has 102 valence electrons. The van der Waals surface area contributed by atoms with Gasteiger partial charge in [-0.2, -0.15) is 0 Å². The van der Waals surface area contributed by atoms with Gasteiger partial charge in [-0.3, -0.25) is 9.78 Å². The highest BCUT2D eigenvalue weighted by molar-refractivity contribution is 5.81. The zero-order chi connectivity index (χ0) is 14.0. The Morgan fingerprint density at radius 2 is 2.16 bits per heavy atom. The number of anilines is 2. The molecule has 0 aliphatic carbocycles. The van der Waals surface area contributed by atoms with Crippen molar-refractivity contribution in [3.8, 4) is 0 Å². The molecule has 5 nitrogen and oxygen atoms in total. The number of nitrogens with two attached hydrogens (primary N) is 1. The lowest BCUT2D eigenvalue weighted by molar-refractivity contribution is 0.492. The van der Waals surface area contributed by atoms with Crippen LogP contribution in [0, 0.1) is 5.92 Å². The summed E-state index contributed by atoms with van der Waals surface area (Å²) in [7, 11) is 0. The first-order valence-corrected chi connectivity index (χ1v) is 6.57. The fourth-order valence-electron chi connectivity index (χ4n) is 1.94. The molecule has 5 heteroatoms. The maximum Gasteiger partial charge on any atom is 0.260 e. The van der Waals surface area contributed by atoms with Gasteiger partial charge < -0.3 is 11.1 Å². The Labute approximate surface area is 112 Å². The molecule has 2 rings (SSSR count). The van der Waals surface area contributed by atoms with E-state index in [1.807, 2.05) is 0 Å². The SMILES string of the molecule is CCC(C)C(C)Nc1nc2ccc(N)cc2c(=O)[nH]1. The molecule has 0 radical (unpaired) electrons. The van der Waals surface area contributed by atoms with Crippen molar-refractivity contribution in [3.05, 3.63) is 28.6 Å². The zero-order valence-electron chi connectivity index (χ0n) is 11.5. The molecule has 2 unspecified atom stereocenters. The van der Waals surface area contributed by atoms with E-state index < -0.39 is 0 Å². The fraction of sp³-hybridized carbons (Fsp3) is 0.429. The molecule has 1 aromatic carbocycles. The monoisotopic (exact) mass is 260 g/mol. The number of H-pyrrole nitrogens is 1. The molecule has 0 amide bonds. The summed E-state index contributed by atoms with van der Waals surface area (Å²) in [5.41, 5.74) is 6.72. The van der Waals surface area contributed by atoms with Gasteiger partial charge in [0.1, 0.15) is 0 Å². The number of hydrogen-bond donors (Lipinski definition) is 3. The first kappa shape index (κ1) is 13.4. The van der Waals surface area contributed by atoms with E-state index in [1.165, 1.54) is 0 Å². The molecular formula is C14H20N4O. The minimum absolute atomic E-state index is 0.170. The number of rotatable bonds is 4. The molecule has 0 saturated carbocycles. The predicted molar refractivity (Wildman–Crippen MR) is 79.3 cm³/mol. The number of nitrogens with one attached hydrogen (secondary N) is 2. The summed E-state index contributed by atoms with van der Waals surface area (Å²) in [5.74, 6) is 1.02. The van der Waals surface area contributed by atoms with Crippen LogP contribution in [0.5, 0.6) is 0 Å². The Bertz CT molecular complexity index is 635. The minimum atomic E-state index is -0.170. The Hall–Kier alpha value is -2.04. The molecule has 1 heterocycles. The molecule has 0 spiro atoms. The number of nitrogens with zero attached hydrogens (tertiary/aromatic N) is 1. The predicted octanol–water partition coefficient (Wildman–Crippen LogP) is 2.35. The van der Waals surface area contributed by atoms with Crippen LogP contribution in [0.1, 0.15) is 27.2 Å². The summed E-state index contributed by atoms with van der Waals surface area (Å²) in [4.78, 5) is 19.1. The molecule has 2 aromatic rings. The molecule has 0 fully saturated rings. The summed E-state index contributed by atoms with van der Waals surface area (Å²) in [6.45, 7) is 6.39. The van der Waals surface area contributed by atoms with E-state index in [0.717, 1.165) is 6.42 Å². The summed E-state index contributed by atoms with van der Waals surface area (Å²) in [6.07, 6.45) is 1.07. The van der Waals surface area contributed by atoms with Crippen LogP contribution in [-0.2, 0) is 0 Å². The van der Waals surface area contributed by atoms with Gasteiger partial charge in [-0.1, -0.05) is 20.3 Å². The van der Waals surface area contributed by atoms with Gasteiger partial charge in [-0.15, -0.1) is 0 Å². The van der Waals surface area contributed by atoms with Crippen molar-refractivity contribution in [2.45, 2.75) is 33.2 Å². The van der Waals surface area contributed by atoms with Crippen molar-refractivity contribution in [1.29, 1.82) is 0 Å². The summed E-state index contributed by atoms with van der Waals surface area (Å²) >= 11 is 0. The van der Waals surface area contributed by atoms with Crippen LogP contribution in [0.2, 0.25) is 0 Å². The van der Waals surface area contributed by atoms with E-state index in [1.54, 1.807) is 18.2 Å². The summed E-state index contributed by atoms with van der Waals surface area (Å²) in [5, 5.41) is 3.76. The second-order valence-corrected chi connectivity index (χ2v) is 5.01. The third kappa shape index (κ3) is 2.86. The lowest BCUT2D eigenvalue weighted by atomic mass is 10.0. The smallest absolute Gasteiger partial charge is 0.260 e. The Morgan fingerprint density at radius 3 is 2.84 bits per heavy atom. The fourth-order valence-corrected chi connectivity index (χ4v) is 1.94. The van der Waals surface area contributed by atoms with Gasteiger partial charge in [-0.25, -0.2) is 4.98 Å². The first-order chi connectivity index (χ1) is 9.01. The average molecular weight is 260 g/mol. The molecule has 0 saturated heterocycles. The third-order valence-electron chi connectivity index (χ3n) is 3.59. The first-order valence-electron chi connectivity index (χ1n) is 6.57. The van der Waals surface area contributed by atoms with E-state index in [2.05, 4.69) is 36.1 Å². The van der Waals surface area contributed by atoms with Crippen LogP contribution in [-0.4, -0.2) is 16.0 Å². The largest absolute Gasteiger partial charge is 0.399 e. The van der Waals surface area contributed by atoms with E-state index >= 15 is 0 Å². The summed E-state index contributed by atoms with van der Waals surface area (Å²) in [6, 6.07) is 5.40. The second-order valence-electron chi connectivity index (χ2n) is 5.01. The molecule has 0 aliphatic heterocycles. The molecule has 0 bridgehead atoms. The van der Waals surface area contributed by atoms with E-state index in [9.17, 15) is 4.79 Å². The molecular weight excluding hydrogens is 240 g/mol. The number of benzene rings is 1. The van der Waals surface area contributed by atoms with Crippen molar-refractivity contribution in [3.63, 3.8) is 0 Å². The van der Waals surface area contributed by atoms with E-state index in [4.69, 9.17) is 5.73 Å². The molecule has 2 atom stereocenters. The van der Waals surface area contributed by atoms with Gasteiger partial charge in [0.15, 0.2) is 0 Å². The number of fused-ring (bicyclic) bond motifs is 1. The lowest BCUT2D eigenvalue weighted by Gasteiger charge is -2.20. The highest BCUT2D eigenvalue weighted by atomic mass is 16.1. The van der Waals surface area contributed by atoms with Gasteiger partial charge in [0.2, 0.25) is 5.95 Å². The molecule has 1 aromatic heterocycles. The van der Waals surface area contributed by atoms with Crippen LogP contribution >= 0.6 is 0 Å². The second kappa shape index (κ2) is 5.30. The average Bonchev–Trinajstić information content (AvgIpc) is 2.38. The normalized spacial score (nSPS) is 14.3. The Morgan fingerprint density at radius 1 is 1.42 bits per heavy atom. The maximum absolute atomic E-state index is 12.0. The van der Waals surface area contributed by atoms with Gasteiger partial charge >= 0.3 is 0 Å². The van der Waals surface area contributed by atoms with Gasteiger partial charge in [0.25, 0.3) is 5.56 Å². The Kier molecular flexibility index (Phi) is 3.74. The van der Waals surface area contributed by atoms with E-state index in [-0.39, 0.29) is 11.6 Å². The highest BCUT2D eigenvalue weighted by Gasteiger charge is 2.12.